The van der Waals surface area contributed by atoms with E-state index < -0.39 is 0 Å². The van der Waals surface area contributed by atoms with Crippen LogP contribution in [-0.4, -0.2) is 9.38 Å². The van der Waals surface area contributed by atoms with E-state index in [4.69, 9.17) is 5.73 Å². The van der Waals surface area contributed by atoms with Gasteiger partial charge in [-0.3, -0.25) is 4.40 Å². The minimum absolute atomic E-state index is 0.546. The largest absolute Gasteiger partial charge is 0.341 e. The third kappa shape index (κ3) is 1.94. The second-order valence-corrected chi connectivity index (χ2v) is 4.10. The van der Waals surface area contributed by atoms with Gasteiger partial charge in [0.05, 0.1) is 0 Å². The molecule has 0 aliphatic carbocycles. The van der Waals surface area contributed by atoms with E-state index in [0.29, 0.717) is 6.54 Å². The number of aromatic nitrogens is 2. The monoisotopic (exact) mass is 238 g/mol. The minimum Gasteiger partial charge on any atom is -0.341 e. The summed E-state index contributed by atoms with van der Waals surface area (Å²) in [4.78, 5) is 4.26. The molecule has 0 aliphatic rings. The molecule has 90 valence electrons. The van der Waals surface area contributed by atoms with Gasteiger partial charge in [-0.05, 0) is 29.8 Å². The summed E-state index contributed by atoms with van der Waals surface area (Å²) in [5, 5.41) is 3.38. The highest BCUT2D eigenvalue weighted by Crippen LogP contribution is 2.18. The van der Waals surface area contributed by atoms with Crippen molar-refractivity contribution in [3.63, 3.8) is 0 Å². The van der Waals surface area contributed by atoms with Crippen LogP contribution < -0.4 is 11.1 Å². The molecule has 0 fully saturated rings. The Kier molecular flexibility index (Phi) is 2.70. The van der Waals surface area contributed by atoms with Crippen LogP contribution in [0, 0.1) is 0 Å². The lowest BCUT2D eigenvalue weighted by atomic mass is 10.2. The number of pyridine rings is 1. The van der Waals surface area contributed by atoms with Crippen molar-refractivity contribution in [1.82, 2.24) is 9.38 Å². The summed E-state index contributed by atoms with van der Waals surface area (Å²) < 4.78 is 2.01. The summed E-state index contributed by atoms with van der Waals surface area (Å²) in [7, 11) is 0. The number of hydrogen-bond acceptors (Lipinski definition) is 3. The van der Waals surface area contributed by atoms with Crippen molar-refractivity contribution in [2.24, 2.45) is 5.73 Å². The molecule has 0 atom stereocenters. The number of anilines is 2. The quantitative estimate of drug-likeness (QED) is 0.737. The fraction of sp³-hybridized carbons (Fsp3) is 0.0714. The maximum atomic E-state index is 5.64. The number of nitrogens with one attached hydrogen (secondary N) is 1. The van der Waals surface area contributed by atoms with Gasteiger partial charge >= 0.3 is 0 Å². The van der Waals surface area contributed by atoms with Crippen LogP contribution >= 0.6 is 0 Å². The Labute approximate surface area is 105 Å². The molecular formula is C14H14N4. The van der Waals surface area contributed by atoms with Crippen LogP contribution in [0.1, 0.15) is 5.56 Å². The van der Waals surface area contributed by atoms with Gasteiger partial charge in [-0.2, -0.15) is 0 Å². The van der Waals surface area contributed by atoms with Crippen molar-refractivity contribution >= 4 is 17.2 Å². The Bertz CT molecular complexity index is 672. The lowest BCUT2D eigenvalue weighted by Crippen LogP contribution is -2.00. The number of hydrogen-bond donors (Lipinski definition) is 2. The lowest BCUT2D eigenvalue weighted by Gasteiger charge is -2.09. The maximum Gasteiger partial charge on any atom is 0.138 e. The summed E-state index contributed by atoms with van der Waals surface area (Å²) in [5.74, 6) is 0.985. The van der Waals surface area contributed by atoms with E-state index >= 15 is 0 Å². The molecule has 0 spiro atoms. The molecule has 2 heterocycles. The second-order valence-electron chi connectivity index (χ2n) is 4.10. The lowest BCUT2D eigenvalue weighted by molar-refractivity contribution is 1.07. The van der Waals surface area contributed by atoms with Crippen molar-refractivity contribution in [2.75, 3.05) is 5.32 Å². The molecule has 0 saturated carbocycles. The van der Waals surface area contributed by atoms with E-state index in [2.05, 4.69) is 16.4 Å². The number of fused-ring (bicyclic) bond motifs is 1. The first-order valence-electron chi connectivity index (χ1n) is 5.85. The zero-order valence-electron chi connectivity index (χ0n) is 9.88. The standard InChI is InChI=1S/C14H14N4/c15-10-11-3-1-4-12(9-11)17-14-6-2-5-13-16-7-8-18(13)14/h1-9,17H,10,15H2. The Morgan fingerprint density at radius 3 is 2.94 bits per heavy atom. The Balaban J connectivity index is 1.98. The van der Waals surface area contributed by atoms with Crippen molar-refractivity contribution in [1.29, 1.82) is 0 Å². The Morgan fingerprint density at radius 2 is 2.06 bits per heavy atom. The van der Waals surface area contributed by atoms with Crippen molar-refractivity contribution in [2.45, 2.75) is 6.54 Å². The number of benzene rings is 1. The molecule has 0 aliphatic heterocycles. The molecule has 3 N–H and O–H groups in total. The fourth-order valence-corrected chi connectivity index (χ4v) is 1.97. The first-order valence-corrected chi connectivity index (χ1v) is 5.85. The van der Waals surface area contributed by atoms with E-state index in [1.54, 1.807) is 6.20 Å². The zero-order chi connectivity index (χ0) is 12.4. The summed E-state index contributed by atoms with van der Waals surface area (Å²) in [6.07, 6.45) is 3.72. The molecule has 0 saturated heterocycles. The van der Waals surface area contributed by atoms with Gasteiger partial charge in [-0.1, -0.05) is 18.2 Å². The van der Waals surface area contributed by atoms with Crippen LogP contribution in [0.5, 0.6) is 0 Å². The number of nitrogens with zero attached hydrogens (tertiary/aromatic N) is 2. The highest BCUT2D eigenvalue weighted by atomic mass is 15.1. The minimum atomic E-state index is 0.546. The first-order chi connectivity index (χ1) is 8.86. The van der Waals surface area contributed by atoms with Gasteiger partial charge in [-0.25, -0.2) is 4.98 Å². The van der Waals surface area contributed by atoms with Crippen LogP contribution in [-0.2, 0) is 6.54 Å². The zero-order valence-corrected chi connectivity index (χ0v) is 9.88. The molecule has 1 aromatic carbocycles. The molecule has 0 amide bonds. The summed E-state index contributed by atoms with van der Waals surface area (Å²) in [5.41, 5.74) is 8.71. The van der Waals surface area contributed by atoms with Gasteiger partial charge in [0.2, 0.25) is 0 Å². The molecule has 4 nitrogen and oxygen atoms in total. The topological polar surface area (TPSA) is 55.3 Å². The van der Waals surface area contributed by atoms with Crippen LogP contribution in [0.2, 0.25) is 0 Å². The van der Waals surface area contributed by atoms with E-state index in [1.165, 1.54) is 0 Å². The average molecular weight is 238 g/mol. The predicted octanol–water partition coefficient (Wildman–Crippen LogP) is 2.54. The van der Waals surface area contributed by atoms with Crippen LogP contribution in [0.25, 0.3) is 5.65 Å². The summed E-state index contributed by atoms with van der Waals surface area (Å²) >= 11 is 0. The molecule has 3 rings (SSSR count). The normalized spacial score (nSPS) is 10.7. The van der Waals surface area contributed by atoms with Gasteiger partial charge in [-0.15, -0.1) is 0 Å². The molecular weight excluding hydrogens is 224 g/mol. The predicted molar refractivity (Wildman–Crippen MR) is 72.8 cm³/mol. The van der Waals surface area contributed by atoms with Crippen molar-refractivity contribution < 1.29 is 0 Å². The molecule has 2 aromatic heterocycles. The van der Waals surface area contributed by atoms with Crippen molar-refractivity contribution in [3.8, 4) is 0 Å². The van der Waals surface area contributed by atoms with Crippen LogP contribution in [0.4, 0.5) is 11.5 Å². The smallest absolute Gasteiger partial charge is 0.138 e. The summed E-state index contributed by atoms with van der Waals surface area (Å²) in [6, 6.07) is 14.1. The Morgan fingerprint density at radius 1 is 1.17 bits per heavy atom. The van der Waals surface area contributed by atoms with Gasteiger partial charge in [0.15, 0.2) is 0 Å². The number of rotatable bonds is 3. The number of nitrogens with two attached hydrogens (primary N) is 1. The average Bonchev–Trinajstić information content (AvgIpc) is 2.88. The maximum absolute atomic E-state index is 5.64. The van der Waals surface area contributed by atoms with E-state index in [0.717, 1.165) is 22.7 Å². The van der Waals surface area contributed by atoms with Crippen LogP contribution in [0.3, 0.4) is 0 Å². The fourth-order valence-electron chi connectivity index (χ4n) is 1.97. The van der Waals surface area contributed by atoms with Gasteiger partial charge in [0.1, 0.15) is 11.5 Å². The second kappa shape index (κ2) is 4.50. The number of imidazole rings is 1. The molecule has 4 heteroatoms. The van der Waals surface area contributed by atoms with Crippen molar-refractivity contribution in [3.05, 3.63) is 60.4 Å². The molecule has 0 bridgehead atoms. The first kappa shape index (κ1) is 10.8. The molecule has 0 radical (unpaired) electrons. The summed E-state index contributed by atoms with van der Waals surface area (Å²) in [6.45, 7) is 0.546. The molecule has 3 aromatic rings. The highest BCUT2D eigenvalue weighted by molar-refractivity contribution is 5.60. The third-order valence-electron chi connectivity index (χ3n) is 2.86. The van der Waals surface area contributed by atoms with E-state index in [1.807, 2.05) is 47.0 Å². The van der Waals surface area contributed by atoms with Gasteiger partial charge < -0.3 is 11.1 Å². The van der Waals surface area contributed by atoms with Gasteiger partial charge in [0, 0.05) is 24.6 Å². The van der Waals surface area contributed by atoms with E-state index in [-0.39, 0.29) is 0 Å². The highest BCUT2D eigenvalue weighted by Gasteiger charge is 2.01. The Hall–Kier alpha value is -2.33. The SMILES string of the molecule is NCc1cccc(Nc2cccc3nccn23)c1. The molecule has 18 heavy (non-hydrogen) atoms. The van der Waals surface area contributed by atoms with E-state index in [9.17, 15) is 0 Å². The van der Waals surface area contributed by atoms with Crippen LogP contribution in [0.15, 0.2) is 54.9 Å². The van der Waals surface area contributed by atoms with Gasteiger partial charge in [0.25, 0.3) is 0 Å². The molecule has 0 unspecified atom stereocenters. The third-order valence-corrected chi connectivity index (χ3v) is 2.86.